The molecule has 6 N–H and O–H groups in total. The van der Waals surface area contributed by atoms with E-state index >= 15 is 0 Å². The maximum absolute atomic E-state index is 14.1. The zero-order chi connectivity index (χ0) is 43.3. The van der Waals surface area contributed by atoms with Crippen molar-refractivity contribution in [3.8, 4) is 46.7 Å². The van der Waals surface area contributed by atoms with Gasteiger partial charge in [0.05, 0.1) is 58.5 Å². The number of esters is 2. The van der Waals surface area contributed by atoms with Crippen LogP contribution in [0.15, 0.2) is 72.1 Å². The van der Waals surface area contributed by atoms with Gasteiger partial charge < -0.3 is 59.7 Å². The number of ether oxygens (including phenoxy) is 6. The molecular weight excluding hydrogens is 798 g/mol. The summed E-state index contributed by atoms with van der Waals surface area (Å²) >= 11 is 6.74. The molecule has 314 valence electrons. The fourth-order valence-electron chi connectivity index (χ4n) is 8.20. The summed E-state index contributed by atoms with van der Waals surface area (Å²) in [5, 5.41) is 36.9. The van der Waals surface area contributed by atoms with E-state index in [1.807, 2.05) is 13.8 Å². The second-order valence-corrected chi connectivity index (χ2v) is 16.1. The smallest absolute Gasteiger partial charge is 0.341 e. The lowest BCUT2D eigenvalue weighted by Crippen LogP contribution is -2.67. The zero-order valence-electron chi connectivity index (χ0n) is 33.4. The van der Waals surface area contributed by atoms with Crippen molar-refractivity contribution in [2.45, 2.75) is 74.9 Å². The number of aliphatic hydroxyl groups excluding tert-OH is 2. The number of methoxy groups -OCH3 is 1. The number of phenols is 1. The number of carbonyl (C=O) groups is 3. The van der Waals surface area contributed by atoms with Gasteiger partial charge in [0.25, 0.3) is 5.91 Å². The van der Waals surface area contributed by atoms with E-state index in [-0.39, 0.29) is 63.4 Å². The standard InChI is InChI=1S/C44H44ClN3O12/c1-22-41(53)47-36-27(17-26(55-6)18-31(36)57-22)42(54)58-33-21-56-35(50)19-29(46)24-15-28(45)39(30(49)16-24)59-34-11-7-9-23(33)12-13-25-10-8-14-44(25,34)20-32-37(51)38(52)40(48(4)5)43(2,3)60-32/h8-10,14-18,29,32-34,37-38,40,49,51-52H,1,19-21,46H2,2-6H3,(H,47,53)/t29-,32-,33?,34+,37-,38+,40?,44?/m0/s1. The fraction of sp³-hybridized carbons (Fsp3) is 0.386. The van der Waals surface area contributed by atoms with Crippen molar-refractivity contribution in [2.75, 3.05) is 33.1 Å². The number of nitrogens with one attached hydrogen (secondary N) is 1. The minimum absolute atomic E-state index is 0.000532. The third kappa shape index (κ3) is 7.96. The lowest BCUT2D eigenvalue weighted by Gasteiger charge is -2.52. The molecular formula is C44H44ClN3O12. The Kier molecular flexibility index (Phi) is 11.5. The maximum Gasteiger partial charge on any atom is 0.341 e. The van der Waals surface area contributed by atoms with Crippen molar-refractivity contribution in [1.82, 2.24) is 4.90 Å². The number of fused-ring (bicyclic) bond motifs is 9. The number of anilines is 1. The van der Waals surface area contributed by atoms with Crippen LogP contribution in [0.4, 0.5) is 5.69 Å². The van der Waals surface area contributed by atoms with Gasteiger partial charge in [-0.15, -0.1) is 0 Å². The molecule has 60 heavy (non-hydrogen) atoms. The predicted molar refractivity (Wildman–Crippen MR) is 217 cm³/mol. The highest BCUT2D eigenvalue weighted by Gasteiger charge is 2.54. The number of likely N-dealkylation sites (N-methyl/N-ethyl adjacent to an activating group) is 1. The Hall–Kier alpha value is -5.78. The van der Waals surface area contributed by atoms with Crippen LogP contribution < -0.4 is 25.3 Å². The highest BCUT2D eigenvalue weighted by molar-refractivity contribution is 6.32. The van der Waals surface area contributed by atoms with Gasteiger partial charge in [-0.25, -0.2) is 4.79 Å². The number of aliphatic hydroxyl groups is 2. The van der Waals surface area contributed by atoms with Gasteiger partial charge in [-0.2, -0.15) is 0 Å². The third-order valence-electron chi connectivity index (χ3n) is 11.1. The minimum atomic E-state index is -1.37. The van der Waals surface area contributed by atoms with Crippen LogP contribution in [0.2, 0.25) is 5.02 Å². The van der Waals surface area contributed by atoms with Crippen LogP contribution in [0.25, 0.3) is 0 Å². The summed E-state index contributed by atoms with van der Waals surface area (Å²) in [6, 6.07) is 4.04. The predicted octanol–water partition coefficient (Wildman–Crippen LogP) is 3.47. The Morgan fingerprint density at radius 1 is 1.15 bits per heavy atom. The SMILES string of the molecule is C=C1Oc2cc(OC)cc(C(=O)OC3COC(=O)C[C@H](N)c4cc(O)c(c(Cl)c4)O[C@@H]4C#CC=C3C#CC3=CC=CC34C[C@@H]3OC(C)(C)C(N(C)C)[C@H](O)[C@H]3O)c2NC1=O. The first-order chi connectivity index (χ1) is 28.4. The number of rotatable bonds is 6. The summed E-state index contributed by atoms with van der Waals surface area (Å²) in [7, 11) is 4.96. The Labute approximate surface area is 351 Å². The first kappa shape index (κ1) is 42.3. The summed E-state index contributed by atoms with van der Waals surface area (Å²) in [6.45, 7) is 6.70. The van der Waals surface area contributed by atoms with Gasteiger partial charge in [-0.1, -0.05) is 54.0 Å². The molecule has 4 aliphatic heterocycles. The number of benzene rings is 2. The molecule has 1 fully saturated rings. The van der Waals surface area contributed by atoms with Gasteiger partial charge in [0.1, 0.15) is 24.6 Å². The summed E-state index contributed by atoms with van der Waals surface area (Å²) < 4.78 is 35.7. The molecule has 2 aliphatic carbocycles. The molecule has 4 heterocycles. The molecule has 16 heteroatoms. The van der Waals surface area contributed by atoms with Crippen LogP contribution in [-0.4, -0.2) is 108 Å². The lowest BCUT2D eigenvalue weighted by molar-refractivity contribution is -0.241. The first-order valence-electron chi connectivity index (χ1n) is 19.0. The maximum atomic E-state index is 14.1. The van der Waals surface area contributed by atoms with E-state index in [0.29, 0.717) is 11.1 Å². The van der Waals surface area contributed by atoms with E-state index in [9.17, 15) is 29.7 Å². The van der Waals surface area contributed by atoms with Crippen molar-refractivity contribution in [1.29, 1.82) is 0 Å². The molecule has 2 aromatic carbocycles. The van der Waals surface area contributed by atoms with E-state index in [1.54, 1.807) is 37.2 Å². The monoisotopic (exact) mass is 841 g/mol. The van der Waals surface area contributed by atoms with Crippen LogP contribution in [0.3, 0.4) is 0 Å². The molecule has 1 saturated heterocycles. The minimum Gasteiger partial charge on any atom is -0.504 e. The molecule has 6 aliphatic rings. The molecule has 0 radical (unpaired) electrons. The summed E-state index contributed by atoms with van der Waals surface area (Å²) in [6.07, 6.45) is 0.184. The summed E-state index contributed by atoms with van der Waals surface area (Å²) in [5.74, 6) is 9.47. The molecule has 4 bridgehead atoms. The largest absolute Gasteiger partial charge is 0.504 e. The van der Waals surface area contributed by atoms with Crippen LogP contribution in [0.5, 0.6) is 23.0 Å². The van der Waals surface area contributed by atoms with Gasteiger partial charge >= 0.3 is 11.9 Å². The van der Waals surface area contributed by atoms with E-state index < -0.39 is 78.1 Å². The van der Waals surface area contributed by atoms with Crippen molar-refractivity contribution >= 4 is 35.1 Å². The molecule has 15 nitrogen and oxygen atoms in total. The molecule has 8 atom stereocenters. The third-order valence-corrected chi connectivity index (χ3v) is 11.4. The number of amides is 1. The first-order valence-corrected chi connectivity index (χ1v) is 19.3. The van der Waals surface area contributed by atoms with Crippen LogP contribution in [0, 0.1) is 29.1 Å². The average molecular weight is 842 g/mol. The van der Waals surface area contributed by atoms with Crippen LogP contribution in [0.1, 0.15) is 48.7 Å². The Morgan fingerprint density at radius 2 is 1.92 bits per heavy atom. The zero-order valence-corrected chi connectivity index (χ0v) is 34.2. The number of nitrogens with two attached hydrogens (primary N) is 1. The van der Waals surface area contributed by atoms with Crippen molar-refractivity contribution in [3.63, 3.8) is 0 Å². The number of phenolic OH excluding ortho intramolecular Hbond substituents is 1. The average Bonchev–Trinajstić information content (AvgIpc) is 3.60. The van der Waals surface area contributed by atoms with Crippen molar-refractivity contribution < 1.29 is 58.1 Å². The Balaban J connectivity index is 1.34. The van der Waals surface area contributed by atoms with Gasteiger partial charge in [0, 0.05) is 23.8 Å². The fourth-order valence-corrected chi connectivity index (χ4v) is 8.47. The molecule has 1 amide bonds. The topological polar surface area (TPSA) is 209 Å². The van der Waals surface area contributed by atoms with Gasteiger partial charge in [-0.05, 0) is 64.2 Å². The summed E-state index contributed by atoms with van der Waals surface area (Å²) in [5.41, 5.74) is 4.85. The number of allylic oxidation sites excluding steroid dienone is 3. The second kappa shape index (κ2) is 16.3. The molecule has 0 aromatic heterocycles. The van der Waals surface area contributed by atoms with Crippen molar-refractivity contribution in [3.05, 3.63) is 88.2 Å². The molecule has 8 rings (SSSR count). The number of hydrogen-bond acceptors (Lipinski definition) is 14. The van der Waals surface area contributed by atoms with E-state index in [0.717, 1.165) is 0 Å². The molecule has 2 aromatic rings. The van der Waals surface area contributed by atoms with Crippen LogP contribution >= 0.6 is 11.6 Å². The Morgan fingerprint density at radius 3 is 2.63 bits per heavy atom. The van der Waals surface area contributed by atoms with E-state index in [1.165, 1.54) is 37.5 Å². The highest BCUT2D eigenvalue weighted by atomic mass is 35.5. The number of hydrogen-bond donors (Lipinski definition) is 5. The highest BCUT2D eigenvalue weighted by Crippen LogP contribution is 2.49. The van der Waals surface area contributed by atoms with Crippen molar-refractivity contribution in [2.24, 2.45) is 11.1 Å². The Bertz CT molecular complexity index is 2360. The van der Waals surface area contributed by atoms with E-state index in [4.69, 9.17) is 45.8 Å². The van der Waals surface area contributed by atoms with Gasteiger partial charge in [0.2, 0.25) is 0 Å². The normalized spacial score (nSPS) is 29.0. The second-order valence-electron chi connectivity index (χ2n) is 15.7. The van der Waals surface area contributed by atoms with Gasteiger partial charge in [-0.3, -0.25) is 9.59 Å². The lowest BCUT2D eigenvalue weighted by atomic mass is 9.70. The molecule has 0 saturated carbocycles. The number of halogens is 1. The van der Waals surface area contributed by atoms with Crippen LogP contribution in [-0.2, 0) is 23.8 Å². The number of carbonyl (C=O) groups excluding carboxylic acids is 3. The quantitative estimate of drug-likeness (QED) is 0.160. The summed E-state index contributed by atoms with van der Waals surface area (Å²) in [4.78, 5) is 41.7. The van der Waals surface area contributed by atoms with E-state index in [2.05, 4.69) is 35.6 Å². The number of nitrogens with zero attached hydrogens (tertiary/aromatic N) is 1. The molecule has 0 spiro atoms. The number of aromatic hydroxyl groups is 1. The molecule has 3 unspecified atom stereocenters. The van der Waals surface area contributed by atoms with Gasteiger partial charge in [0.15, 0.2) is 35.2 Å².